The molecule has 2 heterocycles. The molecule has 90 valence electrons. The van der Waals surface area contributed by atoms with E-state index >= 15 is 0 Å². The first-order valence-corrected chi connectivity index (χ1v) is 6.18. The quantitative estimate of drug-likeness (QED) is 0.841. The third-order valence-electron chi connectivity index (χ3n) is 3.48. The number of hydrogen-bond donors (Lipinski definition) is 2. The van der Waals surface area contributed by atoms with E-state index < -0.39 is 0 Å². The highest BCUT2D eigenvalue weighted by atomic mass is 15.0. The number of hydrogen-bond acceptors (Lipinski definition) is 3. The van der Waals surface area contributed by atoms with E-state index in [2.05, 4.69) is 33.8 Å². The van der Waals surface area contributed by atoms with Crippen LogP contribution < -0.4 is 10.6 Å². The Labute approximate surface area is 101 Å². The van der Waals surface area contributed by atoms with E-state index in [-0.39, 0.29) is 0 Å². The van der Waals surface area contributed by atoms with Crippen molar-refractivity contribution in [2.45, 2.75) is 6.42 Å². The highest BCUT2D eigenvalue weighted by Gasteiger charge is 2.13. The van der Waals surface area contributed by atoms with Gasteiger partial charge in [0.2, 0.25) is 0 Å². The third kappa shape index (κ3) is 2.13. The lowest BCUT2D eigenvalue weighted by Gasteiger charge is -2.11. The summed E-state index contributed by atoms with van der Waals surface area (Å²) in [6, 6.07) is 6.38. The number of rotatable bonds is 3. The highest BCUT2D eigenvalue weighted by Crippen LogP contribution is 2.18. The molecule has 0 aliphatic carbocycles. The highest BCUT2D eigenvalue weighted by molar-refractivity contribution is 5.79. The van der Waals surface area contributed by atoms with Crippen molar-refractivity contribution in [2.24, 2.45) is 13.0 Å². The van der Waals surface area contributed by atoms with Crippen LogP contribution in [0, 0.1) is 5.92 Å². The first kappa shape index (κ1) is 10.6. The van der Waals surface area contributed by atoms with Gasteiger partial charge in [0.25, 0.3) is 0 Å². The van der Waals surface area contributed by atoms with Gasteiger partial charge in [-0.05, 0) is 43.6 Å². The predicted octanol–water partition coefficient (Wildman–Crippen LogP) is 1.59. The Hall–Kier alpha value is -1.55. The normalized spacial score (nSPS) is 19.9. The molecule has 2 aromatic rings. The molecule has 0 spiro atoms. The van der Waals surface area contributed by atoms with E-state index in [0.717, 1.165) is 31.1 Å². The average Bonchev–Trinajstić information content (AvgIpc) is 2.97. The van der Waals surface area contributed by atoms with Crippen molar-refractivity contribution in [3.63, 3.8) is 0 Å². The Morgan fingerprint density at radius 3 is 3.29 bits per heavy atom. The lowest BCUT2D eigenvalue weighted by molar-refractivity contribution is 0.615. The second kappa shape index (κ2) is 4.37. The Balaban J connectivity index is 1.72. The number of aryl methyl sites for hydroxylation is 1. The van der Waals surface area contributed by atoms with Gasteiger partial charge in [0.05, 0.1) is 17.4 Å². The minimum atomic E-state index is 0.759. The van der Waals surface area contributed by atoms with E-state index in [1.54, 1.807) is 0 Å². The van der Waals surface area contributed by atoms with Crippen molar-refractivity contribution in [3.8, 4) is 0 Å². The molecule has 1 saturated heterocycles. The maximum Gasteiger partial charge on any atom is 0.0955 e. The lowest BCUT2D eigenvalue weighted by atomic mass is 10.1. The van der Waals surface area contributed by atoms with Crippen molar-refractivity contribution < 1.29 is 0 Å². The first-order valence-electron chi connectivity index (χ1n) is 6.18. The molecule has 17 heavy (non-hydrogen) atoms. The van der Waals surface area contributed by atoms with Gasteiger partial charge >= 0.3 is 0 Å². The third-order valence-corrected chi connectivity index (χ3v) is 3.48. The number of benzene rings is 1. The fourth-order valence-corrected chi connectivity index (χ4v) is 2.40. The smallest absolute Gasteiger partial charge is 0.0955 e. The predicted molar refractivity (Wildman–Crippen MR) is 70.2 cm³/mol. The SMILES string of the molecule is Cn1cnc2cc(NCC3CCNC3)ccc21. The molecule has 3 rings (SSSR count). The van der Waals surface area contributed by atoms with Crippen LogP contribution in [0.5, 0.6) is 0 Å². The van der Waals surface area contributed by atoms with Crippen molar-refractivity contribution in [3.05, 3.63) is 24.5 Å². The number of aromatic nitrogens is 2. The Morgan fingerprint density at radius 1 is 1.53 bits per heavy atom. The molecule has 4 nitrogen and oxygen atoms in total. The van der Waals surface area contributed by atoms with Gasteiger partial charge in [-0.2, -0.15) is 0 Å². The zero-order valence-corrected chi connectivity index (χ0v) is 10.1. The van der Waals surface area contributed by atoms with E-state index in [9.17, 15) is 0 Å². The van der Waals surface area contributed by atoms with Crippen LogP contribution in [0.25, 0.3) is 11.0 Å². The molecule has 1 aromatic heterocycles. The Morgan fingerprint density at radius 2 is 2.47 bits per heavy atom. The van der Waals surface area contributed by atoms with Gasteiger partial charge in [0, 0.05) is 19.3 Å². The molecule has 2 N–H and O–H groups in total. The van der Waals surface area contributed by atoms with Gasteiger partial charge < -0.3 is 15.2 Å². The zero-order valence-electron chi connectivity index (χ0n) is 10.1. The van der Waals surface area contributed by atoms with Crippen molar-refractivity contribution in [1.82, 2.24) is 14.9 Å². The maximum atomic E-state index is 4.37. The molecule has 4 heteroatoms. The van der Waals surface area contributed by atoms with E-state index in [1.807, 2.05) is 17.9 Å². The molecular formula is C13H18N4. The van der Waals surface area contributed by atoms with Gasteiger partial charge in [-0.25, -0.2) is 4.98 Å². The monoisotopic (exact) mass is 230 g/mol. The second-order valence-electron chi connectivity index (χ2n) is 4.80. The summed E-state index contributed by atoms with van der Waals surface area (Å²) in [4.78, 5) is 4.37. The van der Waals surface area contributed by atoms with Crippen LogP contribution in [0.2, 0.25) is 0 Å². The van der Waals surface area contributed by atoms with Crippen LogP contribution in [0.4, 0.5) is 5.69 Å². The van der Waals surface area contributed by atoms with E-state index in [0.29, 0.717) is 0 Å². The molecule has 0 saturated carbocycles. The second-order valence-corrected chi connectivity index (χ2v) is 4.80. The Bertz CT molecular complexity index is 511. The van der Waals surface area contributed by atoms with E-state index in [1.165, 1.54) is 17.6 Å². The number of fused-ring (bicyclic) bond motifs is 1. The summed E-state index contributed by atoms with van der Waals surface area (Å²) in [5, 5.41) is 6.88. The molecule has 0 bridgehead atoms. The number of anilines is 1. The molecule has 0 amide bonds. The van der Waals surface area contributed by atoms with Crippen molar-refractivity contribution in [1.29, 1.82) is 0 Å². The summed E-state index contributed by atoms with van der Waals surface area (Å²) in [5.74, 6) is 0.759. The summed E-state index contributed by atoms with van der Waals surface area (Å²) >= 11 is 0. The minimum absolute atomic E-state index is 0.759. The molecule has 1 aromatic carbocycles. The summed E-state index contributed by atoms with van der Waals surface area (Å²) in [6.45, 7) is 3.34. The molecular weight excluding hydrogens is 212 g/mol. The zero-order chi connectivity index (χ0) is 11.7. The topological polar surface area (TPSA) is 41.9 Å². The van der Waals surface area contributed by atoms with Crippen LogP contribution in [-0.2, 0) is 7.05 Å². The number of imidazole rings is 1. The largest absolute Gasteiger partial charge is 0.385 e. The molecule has 1 aliphatic rings. The van der Waals surface area contributed by atoms with Crippen LogP contribution in [-0.4, -0.2) is 29.2 Å². The van der Waals surface area contributed by atoms with Gasteiger partial charge in [0.1, 0.15) is 0 Å². The fraction of sp³-hybridized carbons (Fsp3) is 0.462. The molecule has 1 atom stereocenters. The fourth-order valence-electron chi connectivity index (χ4n) is 2.40. The number of nitrogens with zero attached hydrogens (tertiary/aromatic N) is 2. The minimum Gasteiger partial charge on any atom is -0.385 e. The molecule has 1 unspecified atom stereocenters. The summed E-state index contributed by atoms with van der Waals surface area (Å²) in [6.07, 6.45) is 3.13. The molecule has 1 fully saturated rings. The van der Waals surface area contributed by atoms with Crippen LogP contribution in [0.15, 0.2) is 24.5 Å². The molecule has 1 aliphatic heterocycles. The molecule has 0 radical (unpaired) electrons. The van der Waals surface area contributed by atoms with Crippen LogP contribution >= 0.6 is 0 Å². The summed E-state index contributed by atoms with van der Waals surface area (Å²) in [5.41, 5.74) is 3.41. The summed E-state index contributed by atoms with van der Waals surface area (Å²) < 4.78 is 2.04. The van der Waals surface area contributed by atoms with Crippen molar-refractivity contribution >= 4 is 16.7 Å². The maximum absolute atomic E-state index is 4.37. The van der Waals surface area contributed by atoms with Gasteiger partial charge in [-0.15, -0.1) is 0 Å². The lowest BCUT2D eigenvalue weighted by Crippen LogP contribution is -2.17. The van der Waals surface area contributed by atoms with E-state index in [4.69, 9.17) is 0 Å². The average molecular weight is 230 g/mol. The van der Waals surface area contributed by atoms with Crippen LogP contribution in [0.1, 0.15) is 6.42 Å². The standard InChI is InChI=1S/C13H18N4/c1-17-9-16-12-6-11(2-3-13(12)17)15-8-10-4-5-14-7-10/h2-3,6,9-10,14-15H,4-5,7-8H2,1H3. The van der Waals surface area contributed by atoms with Gasteiger partial charge in [0.15, 0.2) is 0 Å². The van der Waals surface area contributed by atoms with Crippen molar-refractivity contribution in [2.75, 3.05) is 25.0 Å². The van der Waals surface area contributed by atoms with Crippen LogP contribution in [0.3, 0.4) is 0 Å². The summed E-state index contributed by atoms with van der Waals surface area (Å²) in [7, 11) is 2.02. The Kier molecular flexibility index (Phi) is 2.73. The van der Waals surface area contributed by atoms with Gasteiger partial charge in [-0.3, -0.25) is 0 Å². The number of nitrogens with one attached hydrogen (secondary N) is 2. The first-order chi connectivity index (χ1) is 8.33. The van der Waals surface area contributed by atoms with Gasteiger partial charge in [-0.1, -0.05) is 0 Å².